The van der Waals surface area contributed by atoms with E-state index in [0.29, 0.717) is 5.75 Å². The number of hydrogen-bond donors (Lipinski definition) is 1. The Balaban J connectivity index is 2.20. The molecular weight excluding hydrogens is 254 g/mol. The van der Waals surface area contributed by atoms with Gasteiger partial charge in [-0.3, -0.25) is 5.73 Å². The van der Waals surface area contributed by atoms with Crippen LogP contribution in [0, 0.1) is 0 Å². The van der Waals surface area contributed by atoms with Crippen molar-refractivity contribution < 1.29 is 28.5 Å². The Morgan fingerprint density at radius 1 is 1.26 bits per heavy atom. The highest BCUT2D eigenvalue weighted by Crippen LogP contribution is 2.41. The van der Waals surface area contributed by atoms with Gasteiger partial charge in [-0.2, -0.15) is 0 Å². The number of fused-ring (bicyclic) bond motifs is 1. The number of carbonyl (C=O) groups is 1. The lowest BCUT2D eigenvalue weighted by molar-refractivity contribution is -0.217. The molecule has 1 aliphatic heterocycles. The van der Waals surface area contributed by atoms with Crippen molar-refractivity contribution in [3.63, 3.8) is 0 Å². The largest absolute Gasteiger partial charge is 0.515 e. The van der Waals surface area contributed by atoms with Crippen LogP contribution in [0.3, 0.4) is 0 Å². The lowest BCUT2D eigenvalue weighted by Gasteiger charge is -2.10. The average Bonchev–Trinajstić information content (AvgIpc) is 2.76. The van der Waals surface area contributed by atoms with E-state index in [0.717, 1.165) is 11.1 Å². The van der Waals surface area contributed by atoms with Gasteiger partial charge in [-0.15, -0.1) is 0 Å². The average molecular weight is 269 g/mol. The summed E-state index contributed by atoms with van der Waals surface area (Å²) in [5.41, 5.74) is 6.64. The van der Waals surface area contributed by atoms with Crippen LogP contribution in [-0.2, 0) is 18.9 Å². The second-order valence-corrected chi connectivity index (χ2v) is 3.73. The Hall–Kier alpha value is -1.67. The normalized spacial score (nSPS) is 21.0. The van der Waals surface area contributed by atoms with E-state index in [1.807, 2.05) is 0 Å². The van der Waals surface area contributed by atoms with Crippen LogP contribution in [0.15, 0.2) is 18.2 Å². The molecule has 19 heavy (non-hydrogen) atoms. The lowest BCUT2D eigenvalue weighted by atomic mass is 10.1. The number of rotatable bonds is 4. The minimum absolute atomic E-state index is 0.237. The molecule has 1 aromatic carbocycles. The molecule has 0 amide bonds. The Morgan fingerprint density at radius 3 is 2.58 bits per heavy atom. The van der Waals surface area contributed by atoms with E-state index in [2.05, 4.69) is 4.74 Å². The summed E-state index contributed by atoms with van der Waals surface area (Å²) >= 11 is 0. The van der Waals surface area contributed by atoms with Crippen LogP contribution >= 0.6 is 0 Å². The maximum absolute atomic E-state index is 11.2. The fourth-order valence-electron chi connectivity index (χ4n) is 1.85. The molecule has 0 saturated heterocycles. The first-order valence-corrected chi connectivity index (χ1v) is 5.59. The Kier molecular flexibility index (Phi) is 4.33. The Bertz CT molecular complexity index is 464. The van der Waals surface area contributed by atoms with Gasteiger partial charge in [0.1, 0.15) is 12.5 Å². The van der Waals surface area contributed by atoms with E-state index in [1.54, 1.807) is 18.2 Å². The van der Waals surface area contributed by atoms with E-state index < -0.39 is 18.7 Å². The molecule has 7 nitrogen and oxygen atoms in total. The number of benzene rings is 1. The minimum Gasteiger partial charge on any atom is -0.418 e. The fourth-order valence-corrected chi connectivity index (χ4v) is 1.85. The SMILES string of the molecule is COC1OC(OC)c2cc(OC(=O)OCN)ccc21. The molecule has 0 spiro atoms. The molecular formula is C12H15NO6. The van der Waals surface area contributed by atoms with Crippen LogP contribution in [0.2, 0.25) is 0 Å². The van der Waals surface area contributed by atoms with Gasteiger partial charge in [0, 0.05) is 25.3 Å². The molecule has 0 saturated carbocycles. The number of carbonyl (C=O) groups excluding carboxylic acids is 1. The molecule has 1 heterocycles. The van der Waals surface area contributed by atoms with Crippen molar-refractivity contribution in [2.45, 2.75) is 12.6 Å². The molecule has 0 aliphatic carbocycles. The van der Waals surface area contributed by atoms with Crippen molar-refractivity contribution in [3.05, 3.63) is 29.3 Å². The zero-order valence-corrected chi connectivity index (χ0v) is 10.6. The van der Waals surface area contributed by atoms with Gasteiger partial charge in [0.25, 0.3) is 0 Å². The maximum atomic E-state index is 11.2. The predicted molar refractivity (Wildman–Crippen MR) is 63.2 cm³/mol. The molecule has 1 aromatic rings. The van der Waals surface area contributed by atoms with Crippen LogP contribution in [0.4, 0.5) is 4.79 Å². The fraction of sp³-hybridized carbons (Fsp3) is 0.417. The molecule has 2 rings (SSSR count). The quantitative estimate of drug-likeness (QED) is 0.502. The Labute approximate surface area is 110 Å². The van der Waals surface area contributed by atoms with Crippen molar-refractivity contribution in [2.24, 2.45) is 5.73 Å². The van der Waals surface area contributed by atoms with Gasteiger partial charge in [-0.25, -0.2) is 4.79 Å². The summed E-state index contributed by atoms with van der Waals surface area (Å²) < 4.78 is 25.3. The minimum atomic E-state index is -0.862. The summed E-state index contributed by atoms with van der Waals surface area (Å²) in [6, 6.07) is 5.00. The monoisotopic (exact) mass is 269 g/mol. The van der Waals surface area contributed by atoms with E-state index in [-0.39, 0.29) is 6.73 Å². The van der Waals surface area contributed by atoms with Crippen LogP contribution in [-0.4, -0.2) is 27.1 Å². The maximum Gasteiger partial charge on any atom is 0.515 e. The zero-order chi connectivity index (χ0) is 13.8. The third kappa shape index (κ3) is 2.85. The molecule has 2 unspecified atom stereocenters. The highest BCUT2D eigenvalue weighted by Gasteiger charge is 2.32. The Morgan fingerprint density at radius 2 is 1.95 bits per heavy atom. The second kappa shape index (κ2) is 5.98. The summed E-state index contributed by atoms with van der Waals surface area (Å²) in [4.78, 5) is 11.2. The first kappa shape index (κ1) is 13.8. The van der Waals surface area contributed by atoms with Crippen LogP contribution in [0.25, 0.3) is 0 Å². The summed E-state index contributed by atoms with van der Waals surface area (Å²) in [5, 5.41) is 0. The van der Waals surface area contributed by atoms with Crippen LogP contribution < -0.4 is 10.5 Å². The van der Waals surface area contributed by atoms with Crippen molar-refractivity contribution in [3.8, 4) is 5.75 Å². The van der Waals surface area contributed by atoms with E-state index in [4.69, 9.17) is 24.7 Å². The molecule has 0 fully saturated rings. The highest BCUT2D eigenvalue weighted by atomic mass is 16.8. The number of methoxy groups -OCH3 is 2. The van der Waals surface area contributed by atoms with Gasteiger partial charge < -0.3 is 23.7 Å². The van der Waals surface area contributed by atoms with Gasteiger partial charge in [0.15, 0.2) is 12.6 Å². The second-order valence-electron chi connectivity index (χ2n) is 3.73. The van der Waals surface area contributed by atoms with Gasteiger partial charge in [-0.05, 0) is 18.2 Å². The van der Waals surface area contributed by atoms with Gasteiger partial charge in [-0.1, -0.05) is 0 Å². The summed E-state index contributed by atoms with van der Waals surface area (Å²) in [7, 11) is 3.05. The molecule has 2 atom stereocenters. The molecule has 104 valence electrons. The number of hydrogen-bond acceptors (Lipinski definition) is 7. The molecule has 1 aliphatic rings. The van der Waals surface area contributed by atoms with Crippen molar-refractivity contribution in [2.75, 3.05) is 21.0 Å². The van der Waals surface area contributed by atoms with Crippen molar-refractivity contribution in [1.82, 2.24) is 0 Å². The topological polar surface area (TPSA) is 89.2 Å². The molecule has 0 bridgehead atoms. The van der Waals surface area contributed by atoms with Crippen molar-refractivity contribution in [1.29, 1.82) is 0 Å². The first-order valence-electron chi connectivity index (χ1n) is 5.59. The third-order valence-corrected chi connectivity index (χ3v) is 2.64. The van der Waals surface area contributed by atoms with Gasteiger partial charge >= 0.3 is 6.16 Å². The zero-order valence-electron chi connectivity index (χ0n) is 10.6. The van der Waals surface area contributed by atoms with Crippen LogP contribution in [0.1, 0.15) is 23.7 Å². The predicted octanol–water partition coefficient (Wildman–Crippen LogP) is 1.44. The lowest BCUT2D eigenvalue weighted by Crippen LogP contribution is -2.15. The van der Waals surface area contributed by atoms with Gasteiger partial charge in [0.05, 0.1) is 0 Å². The molecule has 0 radical (unpaired) electrons. The van der Waals surface area contributed by atoms with Crippen molar-refractivity contribution >= 4 is 6.16 Å². The van der Waals surface area contributed by atoms with Crippen LogP contribution in [0.5, 0.6) is 5.75 Å². The highest BCUT2D eigenvalue weighted by molar-refractivity contribution is 5.64. The van der Waals surface area contributed by atoms with E-state index in [9.17, 15) is 4.79 Å². The molecule has 2 N–H and O–H groups in total. The number of ether oxygens (including phenoxy) is 5. The molecule has 0 aromatic heterocycles. The van der Waals surface area contributed by atoms with E-state index in [1.165, 1.54) is 14.2 Å². The standard InChI is InChI=1S/C12H15NO6/c1-15-10-8-4-3-7(18-12(14)17-6-13)5-9(8)11(16-2)19-10/h3-5,10-11H,6,13H2,1-2H3. The summed E-state index contributed by atoms with van der Waals surface area (Å²) in [6.45, 7) is -0.237. The summed E-state index contributed by atoms with van der Waals surface area (Å²) in [5.74, 6) is 0.319. The molecule has 7 heteroatoms. The van der Waals surface area contributed by atoms with Gasteiger partial charge in [0.2, 0.25) is 0 Å². The summed E-state index contributed by atoms with van der Waals surface area (Å²) in [6.07, 6.45) is -1.92. The number of nitrogens with two attached hydrogens (primary N) is 1. The third-order valence-electron chi connectivity index (χ3n) is 2.64. The smallest absolute Gasteiger partial charge is 0.418 e. The first-order chi connectivity index (χ1) is 9.19. The van der Waals surface area contributed by atoms with E-state index >= 15 is 0 Å².